The van der Waals surface area contributed by atoms with Gasteiger partial charge >= 0.3 is 5.97 Å². The molecular formula is C11H16N2O2S. The SMILES string of the molecule is CCCSCc1nc(C)c(C(=O)O)c(C)n1. The number of thioether (sulfide) groups is 1. The van der Waals surface area contributed by atoms with Crippen LogP contribution < -0.4 is 0 Å². The maximum Gasteiger partial charge on any atom is 0.339 e. The van der Waals surface area contributed by atoms with E-state index in [-0.39, 0.29) is 5.56 Å². The van der Waals surface area contributed by atoms with E-state index < -0.39 is 5.97 Å². The van der Waals surface area contributed by atoms with Crippen molar-refractivity contribution in [3.63, 3.8) is 0 Å². The fourth-order valence-corrected chi connectivity index (χ4v) is 2.21. The van der Waals surface area contributed by atoms with Gasteiger partial charge in [-0.05, 0) is 26.0 Å². The summed E-state index contributed by atoms with van der Waals surface area (Å²) in [5.41, 5.74) is 1.32. The van der Waals surface area contributed by atoms with Gasteiger partial charge in [0.05, 0.1) is 17.1 Å². The number of rotatable bonds is 5. The predicted molar refractivity (Wildman–Crippen MR) is 64.9 cm³/mol. The lowest BCUT2D eigenvalue weighted by molar-refractivity contribution is 0.0694. The molecule has 1 aromatic heterocycles. The van der Waals surface area contributed by atoms with Crippen LogP contribution in [-0.4, -0.2) is 26.8 Å². The molecule has 88 valence electrons. The van der Waals surface area contributed by atoms with Gasteiger partial charge < -0.3 is 5.11 Å². The van der Waals surface area contributed by atoms with Gasteiger partial charge in [-0.25, -0.2) is 14.8 Å². The summed E-state index contributed by atoms with van der Waals surface area (Å²) in [5.74, 6) is 1.58. The second-order valence-corrected chi connectivity index (χ2v) is 4.65. The number of aromatic carboxylic acids is 1. The van der Waals surface area contributed by atoms with Gasteiger partial charge in [-0.1, -0.05) is 6.92 Å². The zero-order valence-electron chi connectivity index (χ0n) is 9.78. The Kier molecular flexibility index (Phi) is 4.73. The van der Waals surface area contributed by atoms with E-state index in [0.717, 1.165) is 23.8 Å². The van der Waals surface area contributed by atoms with Crippen LogP contribution in [0.5, 0.6) is 0 Å². The third-order valence-corrected chi connectivity index (χ3v) is 3.27. The summed E-state index contributed by atoms with van der Waals surface area (Å²) in [6.07, 6.45) is 1.12. The molecule has 16 heavy (non-hydrogen) atoms. The molecule has 0 amide bonds. The third kappa shape index (κ3) is 3.20. The highest BCUT2D eigenvalue weighted by Gasteiger charge is 2.14. The lowest BCUT2D eigenvalue weighted by Gasteiger charge is -2.06. The van der Waals surface area contributed by atoms with Crippen molar-refractivity contribution in [3.8, 4) is 0 Å². The number of carbonyl (C=O) groups is 1. The first-order chi connectivity index (χ1) is 7.56. The van der Waals surface area contributed by atoms with Crippen molar-refractivity contribution in [2.75, 3.05) is 5.75 Å². The topological polar surface area (TPSA) is 63.1 Å². The van der Waals surface area contributed by atoms with Crippen molar-refractivity contribution in [2.45, 2.75) is 32.9 Å². The van der Waals surface area contributed by atoms with Crippen molar-refractivity contribution in [2.24, 2.45) is 0 Å². The summed E-state index contributed by atoms with van der Waals surface area (Å²) in [7, 11) is 0. The quantitative estimate of drug-likeness (QED) is 0.801. The number of aryl methyl sites for hydroxylation is 2. The first kappa shape index (κ1) is 13.0. The number of carboxylic acid groups (broad SMARTS) is 1. The molecule has 1 N–H and O–H groups in total. The molecule has 5 heteroatoms. The van der Waals surface area contributed by atoms with Gasteiger partial charge in [0.25, 0.3) is 0 Å². The van der Waals surface area contributed by atoms with Crippen LogP contribution in [0.1, 0.15) is 40.9 Å². The smallest absolute Gasteiger partial charge is 0.339 e. The van der Waals surface area contributed by atoms with Crippen molar-refractivity contribution in [3.05, 3.63) is 22.8 Å². The molecule has 1 heterocycles. The largest absolute Gasteiger partial charge is 0.478 e. The van der Waals surface area contributed by atoms with Gasteiger partial charge in [-0.3, -0.25) is 0 Å². The minimum Gasteiger partial charge on any atom is -0.478 e. The van der Waals surface area contributed by atoms with Gasteiger partial charge in [0.2, 0.25) is 0 Å². The highest BCUT2D eigenvalue weighted by atomic mass is 32.2. The summed E-state index contributed by atoms with van der Waals surface area (Å²) in [5, 5.41) is 8.97. The Bertz CT molecular complexity index is 371. The maximum atomic E-state index is 10.9. The van der Waals surface area contributed by atoms with Crippen LogP contribution in [-0.2, 0) is 5.75 Å². The van der Waals surface area contributed by atoms with Crippen molar-refractivity contribution < 1.29 is 9.90 Å². The van der Waals surface area contributed by atoms with E-state index in [1.807, 2.05) is 0 Å². The minimum absolute atomic E-state index is 0.226. The second-order valence-electron chi connectivity index (χ2n) is 3.54. The first-order valence-electron chi connectivity index (χ1n) is 5.21. The number of hydrogen-bond donors (Lipinski definition) is 1. The standard InChI is InChI=1S/C11H16N2O2S/c1-4-5-16-6-9-12-7(2)10(11(14)15)8(3)13-9/h4-6H2,1-3H3,(H,14,15). The molecule has 0 radical (unpaired) electrons. The highest BCUT2D eigenvalue weighted by Crippen LogP contribution is 2.14. The van der Waals surface area contributed by atoms with E-state index in [0.29, 0.717) is 11.4 Å². The van der Waals surface area contributed by atoms with E-state index in [1.54, 1.807) is 25.6 Å². The number of aromatic nitrogens is 2. The second kappa shape index (κ2) is 5.84. The van der Waals surface area contributed by atoms with Crippen molar-refractivity contribution in [1.29, 1.82) is 0 Å². The molecule has 0 aliphatic rings. The van der Waals surface area contributed by atoms with Gasteiger partial charge in [0.1, 0.15) is 11.4 Å². The molecular weight excluding hydrogens is 224 g/mol. The summed E-state index contributed by atoms with van der Waals surface area (Å²) < 4.78 is 0. The molecule has 0 aliphatic carbocycles. The molecule has 1 rings (SSSR count). The van der Waals surface area contributed by atoms with Gasteiger partial charge in [0.15, 0.2) is 0 Å². The molecule has 1 aromatic rings. The molecule has 0 aromatic carbocycles. The maximum absolute atomic E-state index is 10.9. The van der Waals surface area contributed by atoms with E-state index >= 15 is 0 Å². The monoisotopic (exact) mass is 240 g/mol. The van der Waals surface area contributed by atoms with E-state index in [2.05, 4.69) is 16.9 Å². The lowest BCUT2D eigenvalue weighted by Crippen LogP contribution is -2.09. The van der Waals surface area contributed by atoms with E-state index in [1.165, 1.54) is 0 Å². The molecule has 0 aliphatic heterocycles. The number of nitrogens with zero attached hydrogens (tertiary/aromatic N) is 2. The zero-order chi connectivity index (χ0) is 12.1. The summed E-state index contributed by atoms with van der Waals surface area (Å²) in [4.78, 5) is 19.4. The molecule has 0 atom stereocenters. The fourth-order valence-electron chi connectivity index (χ4n) is 1.47. The third-order valence-electron chi connectivity index (χ3n) is 2.11. The Hall–Kier alpha value is -1.10. The van der Waals surface area contributed by atoms with Crippen molar-refractivity contribution in [1.82, 2.24) is 9.97 Å². The van der Waals surface area contributed by atoms with Crippen LogP contribution in [0.15, 0.2) is 0 Å². The predicted octanol–water partition coefficient (Wildman–Crippen LogP) is 2.43. The van der Waals surface area contributed by atoms with Gasteiger partial charge in [0, 0.05) is 0 Å². The van der Waals surface area contributed by atoms with Crippen LogP contribution >= 0.6 is 11.8 Å². The molecule has 0 spiro atoms. The lowest BCUT2D eigenvalue weighted by atomic mass is 10.2. The Morgan fingerprint density at radius 1 is 1.31 bits per heavy atom. The van der Waals surface area contributed by atoms with Crippen LogP contribution in [0, 0.1) is 13.8 Å². The fraction of sp³-hybridized carbons (Fsp3) is 0.545. The van der Waals surface area contributed by atoms with Gasteiger partial charge in [-0.15, -0.1) is 0 Å². The Morgan fingerprint density at radius 3 is 2.31 bits per heavy atom. The summed E-state index contributed by atoms with van der Waals surface area (Å²) in [6, 6.07) is 0. The van der Waals surface area contributed by atoms with Crippen molar-refractivity contribution >= 4 is 17.7 Å². The highest BCUT2D eigenvalue weighted by molar-refractivity contribution is 7.98. The van der Waals surface area contributed by atoms with Gasteiger partial charge in [-0.2, -0.15) is 11.8 Å². The average Bonchev–Trinajstić information content (AvgIpc) is 2.16. The molecule has 0 fully saturated rings. The molecule has 0 saturated carbocycles. The normalized spacial score (nSPS) is 10.4. The molecule has 0 saturated heterocycles. The van der Waals surface area contributed by atoms with Crippen LogP contribution in [0.2, 0.25) is 0 Å². The van der Waals surface area contributed by atoms with E-state index in [9.17, 15) is 4.79 Å². The Labute approximate surface area is 99.5 Å². The zero-order valence-corrected chi connectivity index (χ0v) is 10.6. The molecule has 0 unspecified atom stereocenters. The summed E-state index contributed by atoms with van der Waals surface area (Å²) >= 11 is 1.77. The number of carboxylic acids is 1. The number of hydrogen-bond acceptors (Lipinski definition) is 4. The Balaban J connectivity index is 2.87. The summed E-state index contributed by atoms with van der Waals surface area (Å²) in [6.45, 7) is 5.55. The molecule has 0 bridgehead atoms. The van der Waals surface area contributed by atoms with Crippen LogP contribution in [0.4, 0.5) is 0 Å². The Morgan fingerprint density at radius 2 is 1.88 bits per heavy atom. The van der Waals surface area contributed by atoms with Crippen LogP contribution in [0.25, 0.3) is 0 Å². The molecule has 4 nitrogen and oxygen atoms in total. The first-order valence-corrected chi connectivity index (χ1v) is 6.36. The van der Waals surface area contributed by atoms with E-state index in [4.69, 9.17) is 5.11 Å². The van der Waals surface area contributed by atoms with Crippen LogP contribution in [0.3, 0.4) is 0 Å². The average molecular weight is 240 g/mol. The minimum atomic E-state index is -0.956.